The van der Waals surface area contributed by atoms with Crippen molar-refractivity contribution in [3.63, 3.8) is 0 Å². The van der Waals surface area contributed by atoms with Gasteiger partial charge in [-0.1, -0.05) is 41.7 Å². The molecule has 0 amide bonds. The first-order valence-corrected chi connectivity index (χ1v) is 7.99. The molecule has 1 unspecified atom stereocenters. The summed E-state index contributed by atoms with van der Waals surface area (Å²) in [6.07, 6.45) is 2.16. The number of aryl methyl sites for hydroxylation is 1. The summed E-state index contributed by atoms with van der Waals surface area (Å²) in [5.74, 6) is 0. The number of nitrogens with two attached hydrogens (primary N) is 1. The third-order valence-corrected chi connectivity index (χ3v) is 4.44. The van der Waals surface area contributed by atoms with Crippen molar-refractivity contribution >= 4 is 32.4 Å². The Kier molecular flexibility index (Phi) is 4.06. The zero-order valence-electron chi connectivity index (χ0n) is 12.0. The molecule has 3 rings (SSSR count). The second-order valence-electron chi connectivity index (χ2n) is 5.32. The molecule has 0 radical (unpaired) electrons. The molecular formula is C17H19N3S. The van der Waals surface area contributed by atoms with Crippen LogP contribution in [0.15, 0.2) is 48.5 Å². The molecule has 1 aromatic heterocycles. The summed E-state index contributed by atoms with van der Waals surface area (Å²) in [7, 11) is 0. The van der Waals surface area contributed by atoms with E-state index >= 15 is 0 Å². The van der Waals surface area contributed by atoms with E-state index in [1.807, 2.05) is 18.2 Å². The molecule has 0 saturated carbocycles. The molecule has 0 bridgehead atoms. The largest absolute Gasteiger partial charge is 0.399 e. The third-order valence-electron chi connectivity index (χ3n) is 3.49. The smallest absolute Gasteiger partial charge is 0.184 e. The lowest BCUT2D eigenvalue weighted by molar-refractivity contribution is 0.705. The van der Waals surface area contributed by atoms with Crippen molar-refractivity contribution < 1.29 is 0 Å². The number of nitrogen functional groups attached to an aromatic ring is 1. The Balaban J connectivity index is 1.62. The van der Waals surface area contributed by atoms with Crippen LogP contribution in [0, 0.1) is 0 Å². The number of hydrogen-bond acceptors (Lipinski definition) is 4. The first kappa shape index (κ1) is 13.9. The van der Waals surface area contributed by atoms with E-state index in [1.54, 1.807) is 11.3 Å². The fourth-order valence-electron chi connectivity index (χ4n) is 2.31. The van der Waals surface area contributed by atoms with E-state index in [2.05, 4.69) is 47.6 Å². The van der Waals surface area contributed by atoms with Crippen molar-refractivity contribution in [1.29, 1.82) is 0 Å². The van der Waals surface area contributed by atoms with Crippen molar-refractivity contribution in [1.82, 2.24) is 4.98 Å². The van der Waals surface area contributed by atoms with Crippen LogP contribution in [0.3, 0.4) is 0 Å². The van der Waals surface area contributed by atoms with E-state index in [0.717, 1.165) is 33.9 Å². The molecule has 3 aromatic rings. The zero-order valence-corrected chi connectivity index (χ0v) is 12.9. The van der Waals surface area contributed by atoms with Crippen LogP contribution in [-0.4, -0.2) is 11.0 Å². The molecule has 3 nitrogen and oxygen atoms in total. The lowest BCUT2D eigenvalue weighted by Crippen LogP contribution is -2.15. The molecule has 3 N–H and O–H groups in total. The molecule has 0 fully saturated rings. The van der Waals surface area contributed by atoms with Crippen LogP contribution in [0.25, 0.3) is 10.2 Å². The van der Waals surface area contributed by atoms with Crippen molar-refractivity contribution in [3.05, 3.63) is 54.1 Å². The van der Waals surface area contributed by atoms with Gasteiger partial charge in [-0.25, -0.2) is 4.98 Å². The minimum absolute atomic E-state index is 0.392. The standard InChI is InChI=1S/C17H19N3S/c1-12(7-8-13-5-3-2-4-6-13)19-17-20-15-10-9-14(18)11-16(15)21-17/h2-6,9-12H,7-8,18H2,1H3,(H,19,20). The van der Waals surface area contributed by atoms with Crippen LogP contribution in [0.2, 0.25) is 0 Å². The molecule has 0 aliphatic heterocycles. The number of nitrogens with zero attached hydrogens (tertiary/aromatic N) is 1. The fraction of sp³-hybridized carbons (Fsp3) is 0.235. The number of rotatable bonds is 5. The highest BCUT2D eigenvalue weighted by molar-refractivity contribution is 7.22. The Morgan fingerprint density at radius 3 is 2.81 bits per heavy atom. The van der Waals surface area contributed by atoms with Crippen LogP contribution < -0.4 is 11.1 Å². The second-order valence-corrected chi connectivity index (χ2v) is 6.35. The van der Waals surface area contributed by atoms with Crippen molar-refractivity contribution in [2.24, 2.45) is 0 Å². The average molecular weight is 297 g/mol. The monoisotopic (exact) mass is 297 g/mol. The van der Waals surface area contributed by atoms with Crippen LogP contribution in [-0.2, 0) is 6.42 Å². The van der Waals surface area contributed by atoms with E-state index in [-0.39, 0.29) is 0 Å². The van der Waals surface area contributed by atoms with Gasteiger partial charge in [0.1, 0.15) is 0 Å². The lowest BCUT2D eigenvalue weighted by Gasteiger charge is -2.12. The van der Waals surface area contributed by atoms with E-state index in [4.69, 9.17) is 5.73 Å². The number of fused-ring (bicyclic) bond motifs is 1. The van der Waals surface area contributed by atoms with Crippen LogP contribution in [0.5, 0.6) is 0 Å². The summed E-state index contributed by atoms with van der Waals surface area (Å²) >= 11 is 1.66. The topological polar surface area (TPSA) is 50.9 Å². The van der Waals surface area contributed by atoms with Crippen molar-refractivity contribution in [2.45, 2.75) is 25.8 Å². The molecular weight excluding hydrogens is 278 g/mol. The molecule has 21 heavy (non-hydrogen) atoms. The maximum atomic E-state index is 5.80. The quantitative estimate of drug-likeness (QED) is 0.690. The minimum atomic E-state index is 0.392. The second kappa shape index (κ2) is 6.14. The Bertz CT molecular complexity index is 721. The van der Waals surface area contributed by atoms with E-state index in [0.29, 0.717) is 6.04 Å². The molecule has 108 valence electrons. The molecule has 1 atom stereocenters. The lowest BCUT2D eigenvalue weighted by atomic mass is 10.1. The van der Waals surface area contributed by atoms with Crippen LogP contribution in [0.1, 0.15) is 18.9 Å². The molecule has 1 heterocycles. The molecule has 0 aliphatic carbocycles. The summed E-state index contributed by atoms with van der Waals surface area (Å²) in [5, 5.41) is 4.46. The predicted molar refractivity (Wildman–Crippen MR) is 91.9 cm³/mol. The minimum Gasteiger partial charge on any atom is -0.399 e. The zero-order chi connectivity index (χ0) is 14.7. The highest BCUT2D eigenvalue weighted by Crippen LogP contribution is 2.28. The number of aromatic nitrogens is 1. The maximum absolute atomic E-state index is 5.80. The maximum Gasteiger partial charge on any atom is 0.184 e. The number of hydrogen-bond donors (Lipinski definition) is 2. The Labute approximate surface area is 128 Å². The van der Waals surface area contributed by atoms with Crippen molar-refractivity contribution in [2.75, 3.05) is 11.1 Å². The molecule has 4 heteroatoms. The highest BCUT2D eigenvalue weighted by atomic mass is 32.1. The van der Waals surface area contributed by atoms with Gasteiger partial charge >= 0.3 is 0 Å². The SMILES string of the molecule is CC(CCc1ccccc1)Nc1nc2ccc(N)cc2s1. The molecule has 0 aliphatic rings. The predicted octanol–water partition coefficient (Wildman–Crippen LogP) is 4.31. The van der Waals surface area contributed by atoms with Gasteiger partial charge in [0.15, 0.2) is 5.13 Å². The van der Waals surface area contributed by atoms with Gasteiger partial charge in [-0.15, -0.1) is 0 Å². The van der Waals surface area contributed by atoms with Gasteiger partial charge < -0.3 is 11.1 Å². The number of anilines is 2. The Morgan fingerprint density at radius 1 is 1.19 bits per heavy atom. The molecule has 0 saturated heterocycles. The number of benzene rings is 2. The summed E-state index contributed by atoms with van der Waals surface area (Å²) in [4.78, 5) is 4.60. The van der Waals surface area contributed by atoms with E-state index in [9.17, 15) is 0 Å². The Hall–Kier alpha value is -2.07. The fourth-order valence-corrected chi connectivity index (χ4v) is 3.34. The summed E-state index contributed by atoms with van der Waals surface area (Å²) in [6, 6.07) is 16.8. The molecule has 0 spiro atoms. The van der Waals surface area contributed by atoms with Gasteiger partial charge in [0.2, 0.25) is 0 Å². The summed E-state index contributed by atoms with van der Waals surface area (Å²) in [6.45, 7) is 2.20. The third kappa shape index (κ3) is 3.52. The summed E-state index contributed by atoms with van der Waals surface area (Å²) < 4.78 is 1.13. The van der Waals surface area contributed by atoms with Gasteiger partial charge in [0.05, 0.1) is 10.2 Å². The number of nitrogens with one attached hydrogen (secondary N) is 1. The summed E-state index contributed by atoms with van der Waals surface area (Å²) in [5.41, 5.74) is 8.98. The van der Waals surface area contributed by atoms with Gasteiger partial charge in [-0.05, 0) is 43.5 Å². The number of thiazole rings is 1. The molecule has 2 aromatic carbocycles. The first-order valence-electron chi connectivity index (χ1n) is 7.17. The average Bonchev–Trinajstić information content (AvgIpc) is 2.87. The first-order chi connectivity index (χ1) is 10.2. The van der Waals surface area contributed by atoms with Gasteiger partial charge in [-0.2, -0.15) is 0 Å². The van der Waals surface area contributed by atoms with E-state index in [1.165, 1.54) is 5.56 Å². The Morgan fingerprint density at radius 2 is 2.00 bits per heavy atom. The normalized spacial score (nSPS) is 12.4. The van der Waals surface area contributed by atoms with Gasteiger partial charge in [0.25, 0.3) is 0 Å². The van der Waals surface area contributed by atoms with Crippen molar-refractivity contribution in [3.8, 4) is 0 Å². The van der Waals surface area contributed by atoms with Gasteiger partial charge in [-0.3, -0.25) is 0 Å². The van der Waals surface area contributed by atoms with Crippen LogP contribution >= 0.6 is 11.3 Å². The van der Waals surface area contributed by atoms with Crippen LogP contribution in [0.4, 0.5) is 10.8 Å². The van der Waals surface area contributed by atoms with E-state index < -0.39 is 0 Å². The van der Waals surface area contributed by atoms with Gasteiger partial charge in [0, 0.05) is 11.7 Å². The highest BCUT2D eigenvalue weighted by Gasteiger charge is 2.07.